The van der Waals surface area contributed by atoms with E-state index in [4.69, 9.17) is 23.3 Å². The molecule has 0 amide bonds. The van der Waals surface area contributed by atoms with Crippen LogP contribution in [0.3, 0.4) is 0 Å². The van der Waals surface area contributed by atoms with Crippen molar-refractivity contribution >= 4 is 8.07 Å². The average Bonchev–Trinajstić information content (AvgIpc) is 3.36. The predicted octanol–water partition coefficient (Wildman–Crippen LogP) is 2.02. The maximum Gasteiger partial charge on any atom is 0 e. The van der Waals surface area contributed by atoms with Gasteiger partial charge in [0.1, 0.15) is 0 Å². The van der Waals surface area contributed by atoms with Crippen LogP contribution in [0, 0.1) is 33.3 Å². The second-order valence-corrected chi connectivity index (χ2v) is 3.74. The molecule has 0 saturated heterocycles. The summed E-state index contributed by atoms with van der Waals surface area (Å²) in [5.41, 5.74) is 0. The predicted molar refractivity (Wildman–Crippen MR) is 58.6 cm³/mol. The summed E-state index contributed by atoms with van der Waals surface area (Å²) >= 11 is 0. The van der Waals surface area contributed by atoms with Crippen LogP contribution in [0.5, 0.6) is 0 Å². The van der Waals surface area contributed by atoms with Gasteiger partial charge in [-0.15, -0.1) is 0 Å². The fraction of sp³-hybridized carbons (Fsp3) is 0.364. The first-order valence-corrected chi connectivity index (χ1v) is 5.55. The minimum absolute atomic E-state index is 0. The molecule has 0 saturated carbocycles. The summed E-state index contributed by atoms with van der Waals surface area (Å²) in [6.45, 7) is 29.3. The second kappa shape index (κ2) is 52.8. The Labute approximate surface area is 129 Å². The first kappa shape index (κ1) is 36.3. The third-order valence-corrected chi connectivity index (χ3v) is 3.12. The van der Waals surface area contributed by atoms with Crippen molar-refractivity contribution in [2.45, 2.75) is 13.8 Å². The molecule has 0 aromatic carbocycles. The van der Waals surface area contributed by atoms with Crippen LogP contribution in [-0.2, 0) is 44.3 Å². The molecule has 0 aliphatic carbocycles. The summed E-state index contributed by atoms with van der Waals surface area (Å²) in [5.74, 6) is 4.59. The Morgan fingerprint density at radius 3 is 1.00 bits per heavy atom. The first-order valence-electron chi connectivity index (χ1n) is 4.12. The molecule has 102 valence electrons. The van der Waals surface area contributed by atoms with Crippen LogP contribution in [0.15, 0.2) is 11.6 Å². The zero-order valence-corrected chi connectivity index (χ0v) is 14.2. The Morgan fingerprint density at radius 2 is 0.947 bits per heavy atom. The molecule has 8 heteroatoms. The van der Waals surface area contributed by atoms with Gasteiger partial charge in [0.15, 0.2) is 0 Å². The summed E-state index contributed by atoms with van der Waals surface area (Å²) in [7, 11) is 0.169. The van der Waals surface area contributed by atoms with E-state index in [1.165, 1.54) is 13.1 Å². The summed E-state index contributed by atoms with van der Waals surface area (Å²) in [5, 5.41) is 0. The SMILES string of the molecule is CCN(CC)P1C=C1.[C-]#[O+].[C-]#[O+].[C-]#[O+].[C-]#[O+].[C-]#[O+].[W]. The van der Waals surface area contributed by atoms with Crippen molar-refractivity contribution in [3.05, 3.63) is 44.9 Å². The average molecular weight is 453 g/mol. The van der Waals surface area contributed by atoms with Gasteiger partial charge in [0.05, 0.1) is 0 Å². The molecule has 0 radical (unpaired) electrons. The molecule has 0 N–H and O–H groups in total. The van der Waals surface area contributed by atoms with E-state index in [1.54, 1.807) is 0 Å². The van der Waals surface area contributed by atoms with Gasteiger partial charge >= 0.3 is 56.5 Å². The number of hydrogen-bond donors (Lipinski definition) is 0. The van der Waals surface area contributed by atoms with Crippen molar-refractivity contribution in [1.29, 1.82) is 0 Å². The van der Waals surface area contributed by atoms with Crippen molar-refractivity contribution in [3.63, 3.8) is 0 Å². The second-order valence-electron chi connectivity index (χ2n) is 1.82. The Kier molecular flexibility index (Phi) is 101. The Hall–Kier alpha value is -0.482. The van der Waals surface area contributed by atoms with Gasteiger partial charge in [0, 0.05) is 29.1 Å². The van der Waals surface area contributed by atoms with Crippen molar-refractivity contribution in [3.8, 4) is 0 Å². The molecule has 0 spiro atoms. The van der Waals surface area contributed by atoms with Gasteiger partial charge in [-0.2, -0.15) is 0 Å². The normalized spacial score (nSPS) is 8.05. The van der Waals surface area contributed by atoms with Crippen LogP contribution in [-0.4, -0.2) is 17.8 Å². The largest absolute Gasteiger partial charge is 0 e. The molecule has 0 fully saturated rings. The van der Waals surface area contributed by atoms with Gasteiger partial charge in [-0.25, -0.2) is 0 Å². The Morgan fingerprint density at radius 1 is 0.737 bits per heavy atom. The molecule has 1 rings (SSSR count). The van der Waals surface area contributed by atoms with Crippen LogP contribution in [0.4, 0.5) is 0 Å². The molecule has 6 nitrogen and oxygen atoms in total. The maximum atomic E-state index is 7.50. The zero-order chi connectivity index (χ0) is 16.0. The summed E-state index contributed by atoms with van der Waals surface area (Å²) in [6.07, 6.45) is 0. The molecule has 19 heavy (non-hydrogen) atoms. The maximum absolute atomic E-state index is 7.50. The van der Waals surface area contributed by atoms with Crippen LogP contribution in [0.2, 0.25) is 0 Å². The van der Waals surface area contributed by atoms with Gasteiger partial charge in [0.25, 0.3) is 0 Å². The third kappa shape index (κ3) is 38.1. The Balaban J connectivity index is -0.0000000332. The fourth-order valence-corrected chi connectivity index (χ4v) is 2.04. The molecule has 0 aromatic rings. The van der Waals surface area contributed by atoms with E-state index in [2.05, 4.69) is 63.4 Å². The van der Waals surface area contributed by atoms with Gasteiger partial charge in [0.2, 0.25) is 0 Å². The van der Waals surface area contributed by atoms with Crippen molar-refractivity contribution in [2.75, 3.05) is 13.1 Å². The van der Waals surface area contributed by atoms with E-state index in [0.717, 1.165) is 0 Å². The molecule has 0 atom stereocenters. The standard InChI is InChI=1S/C6H12NP.5CO.W/c1-3-7(4-2)8-5-6-8;5*1-2;/h5-6H,3-4H2,1-2H3;;;;;;. The molecule has 0 unspecified atom stereocenters. The van der Waals surface area contributed by atoms with Crippen molar-refractivity contribution < 1.29 is 44.3 Å². The van der Waals surface area contributed by atoms with Crippen LogP contribution in [0.25, 0.3) is 0 Å². The monoisotopic (exact) mass is 453 g/mol. The van der Waals surface area contributed by atoms with Crippen molar-refractivity contribution in [1.82, 2.24) is 4.67 Å². The molecule has 1 aliphatic heterocycles. The van der Waals surface area contributed by atoms with E-state index < -0.39 is 0 Å². The third-order valence-electron chi connectivity index (χ3n) is 1.34. The minimum atomic E-state index is 0. The van der Waals surface area contributed by atoms with Gasteiger partial charge in [-0.1, -0.05) is 13.8 Å². The fourth-order valence-electron chi connectivity index (χ4n) is 0.769. The summed E-state index contributed by atoms with van der Waals surface area (Å²) < 4.78 is 40.0. The van der Waals surface area contributed by atoms with E-state index in [9.17, 15) is 0 Å². The smallest absolute Gasteiger partial charge is 0 e. The number of rotatable bonds is 3. The molecule has 0 aromatic heterocycles. The molecular formula is C11H12NO5PW. The van der Waals surface area contributed by atoms with E-state index >= 15 is 0 Å². The number of hydrogen-bond acceptors (Lipinski definition) is 1. The summed E-state index contributed by atoms with van der Waals surface area (Å²) in [4.78, 5) is 0. The van der Waals surface area contributed by atoms with Crippen LogP contribution < -0.4 is 0 Å². The van der Waals surface area contributed by atoms with Gasteiger partial charge in [-0.3, -0.25) is 4.67 Å². The zero-order valence-electron chi connectivity index (χ0n) is 10.4. The quantitative estimate of drug-likeness (QED) is 0.365. The first-order chi connectivity index (χ1) is 8.88. The number of nitrogens with zero attached hydrogens (tertiary/aromatic N) is 1. The van der Waals surface area contributed by atoms with Crippen LogP contribution in [0.1, 0.15) is 13.8 Å². The van der Waals surface area contributed by atoms with E-state index in [-0.39, 0.29) is 29.1 Å². The van der Waals surface area contributed by atoms with Gasteiger partial charge in [-0.05, 0) is 24.7 Å². The molecule has 1 heterocycles. The Bertz CT molecular complexity index is 228. The minimum Gasteiger partial charge on any atom is 0 e. The molecule has 1 aliphatic rings. The van der Waals surface area contributed by atoms with Crippen molar-refractivity contribution in [2.24, 2.45) is 0 Å². The topological polar surface area (TPSA) is 103 Å². The van der Waals surface area contributed by atoms with Crippen LogP contribution >= 0.6 is 8.07 Å². The summed E-state index contributed by atoms with van der Waals surface area (Å²) in [6, 6.07) is 0. The molecular weight excluding hydrogens is 441 g/mol. The van der Waals surface area contributed by atoms with Gasteiger partial charge < -0.3 is 0 Å². The van der Waals surface area contributed by atoms with E-state index in [0.29, 0.717) is 0 Å². The van der Waals surface area contributed by atoms with E-state index in [1.807, 2.05) is 0 Å². The molecule has 0 bridgehead atoms.